The number of pyridine rings is 1. The van der Waals surface area contributed by atoms with E-state index in [0.29, 0.717) is 124 Å². The Hall–Kier alpha value is -13.6. The van der Waals surface area contributed by atoms with Gasteiger partial charge in [0.2, 0.25) is 0 Å². The van der Waals surface area contributed by atoms with Gasteiger partial charge in [0.15, 0.2) is 63.6 Å². The zero-order valence-electron chi connectivity index (χ0n) is 86.8. The number of nitriles is 1. The first-order valence-corrected chi connectivity index (χ1v) is 56.1. The molecule has 21 rings (SSSR count). The molecule has 0 unspecified atom stereocenters. The fraction of sp³-hybridized carbons (Fsp3) is 0.377. The van der Waals surface area contributed by atoms with Crippen molar-refractivity contribution in [1.82, 2.24) is 43.2 Å². The summed E-state index contributed by atoms with van der Waals surface area (Å²) < 4.78 is 55.7. The first-order chi connectivity index (χ1) is 72.8. The van der Waals surface area contributed by atoms with Crippen molar-refractivity contribution in [3.8, 4) is 63.3 Å². The zero-order valence-corrected chi connectivity index (χ0v) is 90.0. The fourth-order valence-electron chi connectivity index (χ4n) is 22.7. The van der Waals surface area contributed by atoms with Crippen molar-refractivity contribution in [2.24, 2.45) is 23.7 Å². The fourth-order valence-corrected chi connectivity index (χ4v) is 26.0. The number of nitrogens with zero attached hydrogens (tertiary/aromatic N) is 11. The highest BCUT2D eigenvalue weighted by Gasteiger charge is 2.37. The maximum Gasteiger partial charge on any atom is 0.173 e. The van der Waals surface area contributed by atoms with Crippen LogP contribution in [-0.2, 0) is 4.74 Å². The van der Waals surface area contributed by atoms with Crippen molar-refractivity contribution in [1.29, 1.82) is 5.26 Å². The van der Waals surface area contributed by atoms with Gasteiger partial charge in [0.25, 0.3) is 0 Å². The molecule has 9 aromatic heterocycles. The number of aromatic nitrogens is 9. The number of methoxy groups -OCH3 is 2. The molecule has 22 nitrogen and oxygen atoms in total. The Kier molecular flexibility index (Phi) is 34.1. The Morgan fingerprint density at radius 2 is 0.767 bits per heavy atom. The van der Waals surface area contributed by atoms with Gasteiger partial charge in [-0.2, -0.15) is 5.26 Å². The predicted octanol–water partition coefficient (Wildman–Crippen LogP) is 30.1. The van der Waals surface area contributed by atoms with E-state index in [1.165, 1.54) is 45.0 Å². The van der Waals surface area contributed by atoms with Gasteiger partial charge in [0.1, 0.15) is 34.8 Å². The molecule has 774 valence electrons. The molecule has 28 heteroatoms. The van der Waals surface area contributed by atoms with Crippen LogP contribution in [0.4, 0.5) is 14.5 Å². The van der Waals surface area contributed by atoms with Gasteiger partial charge in [-0.1, -0.05) is 83.7 Å². The summed E-state index contributed by atoms with van der Waals surface area (Å²) in [6, 6.07) is 63.6. The number of hydrogen-bond donors (Lipinski definition) is 0. The number of ketones is 8. The summed E-state index contributed by atoms with van der Waals surface area (Å²) in [6.07, 6.45) is 20.7. The lowest BCUT2D eigenvalue weighted by atomic mass is 9.82. The van der Waals surface area contributed by atoms with Gasteiger partial charge < -0.3 is 37.4 Å². The molecule has 0 bridgehead atoms. The molecule has 5 fully saturated rings. The number of para-hydroxylation sites is 1. The van der Waals surface area contributed by atoms with E-state index in [1.807, 2.05) is 167 Å². The van der Waals surface area contributed by atoms with Gasteiger partial charge >= 0.3 is 0 Å². The minimum Gasteiger partial charge on any atom is -0.493 e. The van der Waals surface area contributed by atoms with Crippen LogP contribution in [-0.4, -0.2) is 130 Å². The number of Topliss-reactive ketones (excluding diaryl/α,β-unsaturated/α-hetero) is 8. The quantitative estimate of drug-likeness (QED) is 0.0365. The number of thiophene rings is 4. The van der Waals surface area contributed by atoms with Crippen molar-refractivity contribution in [3.63, 3.8) is 0 Å². The number of benzene rings is 7. The third-order valence-corrected chi connectivity index (χ3v) is 34.4. The number of carbonyl (C=O) groups excluding carboxylic acids is 8. The second-order valence-electron chi connectivity index (χ2n) is 40.3. The van der Waals surface area contributed by atoms with Gasteiger partial charge in [0, 0.05) is 160 Å². The van der Waals surface area contributed by atoms with Gasteiger partial charge in [0.05, 0.1) is 114 Å². The SMILES string of the molecule is CCC(=O)c1cc2nc(-c3ccccc3C#N)n([C@H]3CCC[C@@H](CC(=O)c4ccc(C)s4)C3)c2cc1F.CCC(=O)c1cc2nc(-c3ccccn3)n([C@H]3CCC[C@@H](CC(=O)c4ccc(C)s4)C3)c2cc1F.CCC(=O)c1ccc2c(c1)nc(-c1ccc(OC)c(OC)c1)n2[C@H]1CCC[C@@H](CC(=O)c2ccc(C)s2)C1.CCC(=O)c1ccc2c(c1)nc(-c1ccccc1N1CCOCC1)n2[C@H]1CCC[C@@H](CC(=O)c2ccc(C)s2)C1. The number of anilines is 1. The highest BCUT2D eigenvalue weighted by molar-refractivity contribution is 7.15. The molecule has 1 saturated heterocycles. The van der Waals surface area contributed by atoms with Gasteiger partial charge in [-0.05, 0) is 280 Å². The second kappa shape index (κ2) is 48.2. The number of halogens is 2. The summed E-state index contributed by atoms with van der Waals surface area (Å²) in [7, 11) is 3.26. The molecule has 0 radical (unpaired) electrons. The zero-order chi connectivity index (χ0) is 105. The van der Waals surface area contributed by atoms with Gasteiger partial charge in [-0.3, -0.25) is 43.3 Å². The van der Waals surface area contributed by atoms with E-state index in [9.17, 15) is 43.6 Å². The molecular formula is C122H127F2N11O11S4. The van der Waals surface area contributed by atoms with Crippen molar-refractivity contribution >= 4 is 141 Å². The summed E-state index contributed by atoms with van der Waals surface area (Å²) in [5.74, 6) is 5.00. The maximum absolute atomic E-state index is 15.1. The average molecular weight is 2090 g/mol. The van der Waals surface area contributed by atoms with Crippen LogP contribution < -0.4 is 14.4 Å². The summed E-state index contributed by atoms with van der Waals surface area (Å²) in [4.78, 5) is 136. The lowest BCUT2D eigenvalue weighted by molar-refractivity contribution is 0.0937. The number of fused-ring (bicyclic) bond motifs is 4. The summed E-state index contributed by atoms with van der Waals surface area (Å²) in [5, 5.41) is 9.77. The van der Waals surface area contributed by atoms with Crippen molar-refractivity contribution in [2.45, 2.75) is 234 Å². The minimum atomic E-state index is -0.559. The Bertz CT molecular complexity index is 7750. The second-order valence-corrected chi connectivity index (χ2v) is 45.5. The minimum absolute atomic E-state index is 0.00417. The van der Waals surface area contributed by atoms with E-state index in [4.69, 9.17) is 34.1 Å². The molecule has 0 N–H and O–H groups in total. The van der Waals surface area contributed by atoms with Gasteiger partial charge in [-0.25, -0.2) is 28.7 Å². The van der Waals surface area contributed by atoms with Crippen molar-refractivity contribution in [2.75, 3.05) is 45.4 Å². The van der Waals surface area contributed by atoms with Crippen LogP contribution >= 0.6 is 45.3 Å². The lowest BCUT2D eigenvalue weighted by Gasteiger charge is -2.33. The molecule has 1 aliphatic heterocycles. The van der Waals surface area contributed by atoms with Crippen molar-refractivity contribution < 1.29 is 61.3 Å². The normalized spacial score (nSPS) is 18.2. The maximum atomic E-state index is 15.1. The molecule has 7 aromatic carbocycles. The predicted molar refractivity (Wildman–Crippen MR) is 594 cm³/mol. The van der Waals surface area contributed by atoms with Crippen LogP contribution in [0.1, 0.15) is 311 Å². The van der Waals surface area contributed by atoms with E-state index < -0.39 is 11.6 Å². The smallest absolute Gasteiger partial charge is 0.173 e. The van der Waals surface area contributed by atoms with Crippen LogP contribution in [0.15, 0.2) is 200 Å². The summed E-state index contributed by atoms with van der Waals surface area (Å²) >= 11 is 6.26. The molecule has 0 spiro atoms. The number of rotatable bonds is 31. The van der Waals surface area contributed by atoms with E-state index >= 15 is 8.78 Å². The molecule has 0 amide bonds. The lowest BCUT2D eigenvalue weighted by Crippen LogP contribution is -2.36. The topological polar surface area (TPSA) is 275 Å². The Labute approximate surface area is 889 Å². The van der Waals surface area contributed by atoms with Crippen LogP contribution in [0, 0.1) is 74.3 Å². The Balaban J connectivity index is 0.000000131. The number of imidazole rings is 4. The third kappa shape index (κ3) is 23.8. The largest absolute Gasteiger partial charge is 0.493 e. The van der Waals surface area contributed by atoms with Gasteiger partial charge in [-0.15, -0.1) is 45.3 Å². The molecule has 4 aliphatic carbocycles. The molecular weight excluding hydrogens is 1960 g/mol. The third-order valence-electron chi connectivity index (χ3n) is 30.2. The van der Waals surface area contributed by atoms with E-state index in [1.54, 1.807) is 86.5 Å². The number of ether oxygens (including phenoxy) is 3. The highest BCUT2D eigenvalue weighted by atomic mass is 32.1. The number of aryl methyl sites for hydroxylation is 4. The molecule has 4 saturated carbocycles. The summed E-state index contributed by atoms with van der Waals surface area (Å²) in [6.45, 7) is 18.5. The molecule has 10 heterocycles. The number of morpholine rings is 1. The average Bonchev–Trinajstić information content (AvgIpc) is 1.61. The van der Waals surface area contributed by atoms with Crippen LogP contribution in [0.3, 0.4) is 0 Å². The van der Waals surface area contributed by atoms with Crippen molar-refractivity contribution in [3.05, 3.63) is 279 Å². The molecule has 8 atom stereocenters. The summed E-state index contributed by atoms with van der Waals surface area (Å²) in [5.41, 5.74) is 12.7. The monoisotopic (exact) mass is 2090 g/mol. The van der Waals surface area contributed by atoms with Crippen LogP contribution in [0.2, 0.25) is 0 Å². The first-order valence-electron chi connectivity index (χ1n) is 52.8. The Morgan fingerprint density at radius 3 is 1.17 bits per heavy atom. The van der Waals surface area contributed by atoms with Crippen LogP contribution in [0.5, 0.6) is 11.5 Å². The first kappa shape index (κ1) is 106. The molecule has 150 heavy (non-hydrogen) atoms. The van der Waals surface area contributed by atoms with E-state index in [2.05, 4.69) is 66.9 Å². The van der Waals surface area contributed by atoms with E-state index in [-0.39, 0.29) is 106 Å². The molecule has 5 aliphatic rings. The van der Waals surface area contributed by atoms with Crippen LogP contribution in [0.25, 0.3) is 89.8 Å². The van der Waals surface area contributed by atoms with E-state index in [0.717, 1.165) is 203 Å². The number of hydrogen-bond acceptors (Lipinski definition) is 22. The number of carbonyl (C=O) groups is 8. The Morgan fingerprint density at radius 1 is 0.387 bits per heavy atom. The molecule has 16 aromatic rings. The highest BCUT2D eigenvalue weighted by Crippen LogP contribution is 2.49. The standard InChI is InChI=1S/C33H37N3O3S.C31H34N2O4S.C30H28FN3O2S.C28H28FN3O2S/c1-3-30(37)24-12-13-29-27(21-24)34-33(26-9-4-5-10-28(26)35-15-17-39-18-16-35)36(29)25-8-6-7-23(19-25)20-31(38)32-14-11-22(2)40-32;1-5-26(34)21-10-12-25-24(17-21)32-31(22-11-13-28(36-3)29(18-22)37-4)33(25)23-8-6-7-20(15-23)16-27(35)30-14-9-19(2)38-30;1-3-27(35)23-15-25-26(16-24(23)31)34(30(33-25)22-10-5-4-8-20(22)17-32)21-9-6-7-19(13-21)14-28(36)29-12-11-18(2)37-29;1-3-25(33)20-15-23-24(16-21(20)29)32(28(31-23)22-9-4-5-12-30-22)19-8-6-7-18(13-19)14-26(34)27-11-10-17(2)35-27/h4-5,9-14,21,23,25H,3,6-8,15-20H2,1-2H3;9-14,17-18,20,23H,5-8,15-16H2,1-4H3;4-5,8,10-12,15-16,19,21H,3,6-7,9,13-14H2,1-2H3;4-5,9-12,15-16,18-19H,3,6-8,13-14H2,1-2H3/t23-,25+;20-,23+;19-,21+;18-,19+/m1111/s1.